The average molecular weight is 849 g/mol. The van der Waals surface area contributed by atoms with Crippen molar-refractivity contribution in [3.63, 3.8) is 0 Å². The minimum atomic E-state index is -0.967. The number of hydrogen-bond donors (Lipinski definition) is 2. The molecule has 1 heterocycles. The summed E-state index contributed by atoms with van der Waals surface area (Å²) in [5.41, 5.74) is 0. The molecule has 1 aliphatic rings. The van der Waals surface area contributed by atoms with Crippen LogP contribution in [0.2, 0.25) is 0 Å². The number of piperazine rings is 1. The number of amides is 2. The van der Waals surface area contributed by atoms with E-state index in [1.54, 1.807) is 0 Å². The van der Waals surface area contributed by atoms with Gasteiger partial charge in [-0.2, -0.15) is 0 Å². The summed E-state index contributed by atoms with van der Waals surface area (Å²) in [7, 11) is 0. The minimum absolute atomic E-state index is 0.216. The molecule has 1 rings (SSSR count). The molecule has 0 aromatic heterocycles. The molecule has 0 spiro atoms. The number of ether oxygens (including phenoxy) is 2. The molecule has 0 unspecified atom stereocenters. The van der Waals surface area contributed by atoms with E-state index in [2.05, 4.69) is 48.1 Å². The number of carbonyl (C=O) groups excluding carboxylic acids is 4. The van der Waals surface area contributed by atoms with E-state index in [4.69, 9.17) is 9.47 Å². The molecule has 0 bridgehead atoms. The molecule has 352 valence electrons. The van der Waals surface area contributed by atoms with E-state index in [0.29, 0.717) is 13.1 Å². The Kier molecular flexibility index (Phi) is 38.0. The van der Waals surface area contributed by atoms with Crippen LogP contribution in [0, 0.1) is 0 Å². The van der Waals surface area contributed by atoms with E-state index in [0.717, 1.165) is 51.9 Å². The smallest absolute Gasteiger partial charge is 0.307 e. The van der Waals surface area contributed by atoms with Gasteiger partial charge in [0, 0.05) is 13.1 Å². The number of nitrogens with one attached hydrogen (secondary N) is 2. The molecule has 1 saturated heterocycles. The standard InChI is InChI=1S/C50H96N4O6/c1-5-9-13-17-21-25-29-33-39-53(37-31-27-23-19-15-11-7-3)41-35-47(55)59-43-45-49(57)52-46(50(58)51-45)44-60-48(56)36-42-54(38-32-28-24-20-16-12-8-4)40-34-30-26-22-18-14-10-6-2/h45-46H,5-44H2,1-4H3,(H,51,58)(H,52,57)/t45-,46-/m0/s1. The van der Waals surface area contributed by atoms with E-state index in [-0.39, 0.29) is 38.0 Å². The second-order valence-corrected chi connectivity index (χ2v) is 17.9. The molecule has 2 amide bonds. The number of rotatable bonds is 44. The van der Waals surface area contributed by atoms with Gasteiger partial charge in [0.1, 0.15) is 25.3 Å². The summed E-state index contributed by atoms with van der Waals surface area (Å²) < 4.78 is 11.0. The second-order valence-electron chi connectivity index (χ2n) is 17.9. The minimum Gasteiger partial charge on any atom is -0.463 e. The van der Waals surface area contributed by atoms with E-state index in [1.807, 2.05) is 0 Å². The van der Waals surface area contributed by atoms with Gasteiger partial charge in [-0.15, -0.1) is 0 Å². The van der Waals surface area contributed by atoms with Gasteiger partial charge in [0.15, 0.2) is 0 Å². The second kappa shape index (κ2) is 40.8. The molecule has 0 aromatic rings. The molecule has 0 aromatic carbocycles. The maximum absolute atomic E-state index is 12.9. The number of esters is 2. The zero-order valence-electron chi connectivity index (χ0n) is 39.8. The van der Waals surface area contributed by atoms with Crippen LogP contribution in [0.4, 0.5) is 0 Å². The van der Waals surface area contributed by atoms with Crippen LogP contribution >= 0.6 is 0 Å². The van der Waals surface area contributed by atoms with Crippen molar-refractivity contribution in [2.75, 3.05) is 52.5 Å². The Hall–Kier alpha value is -2.20. The number of hydrogen-bond acceptors (Lipinski definition) is 8. The predicted octanol–water partition coefficient (Wildman–Crippen LogP) is 11.2. The van der Waals surface area contributed by atoms with E-state index < -0.39 is 23.9 Å². The number of nitrogens with zero attached hydrogens (tertiary/aromatic N) is 2. The molecule has 10 nitrogen and oxygen atoms in total. The van der Waals surface area contributed by atoms with Crippen molar-refractivity contribution in [3.05, 3.63) is 0 Å². The SMILES string of the molecule is CCCCCCCCCCN(CCCCCCCCC)CCC(=O)OC[C@@H]1NC(=O)[C@H](COC(=O)CCN(CCCCCCCCC)CCCCCCCCCC)NC1=O. The average Bonchev–Trinajstić information content (AvgIpc) is 3.24. The summed E-state index contributed by atoms with van der Waals surface area (Å²) >= 11 is 0. The van der Waals surface area contributed by atoms with Crippen molar-refractivity contribution in [1.82, 2.24) is 20.4 Å². The van der Waals surface area contributed by atoms with Gasteiger partial charge in [0.05, 0.1) is 12.8 Å². The summed E-state index contributed by atoms with van der Waals surface area (Å²) in [5, 5.41) is 5.35. The van der Waals surface area contributed by atoms with Gasteiger partial charge in [-0.05, 0) is 51.9 Å². The molecule has 10 heteroatoms. The first-order valence-corrected chi connectivity index (χ1v) is 25.7. The molecule has 0 radical (unpaired) electrons. The van der Waals surface area contributed by atoms with Crippen LogP contribution in [0.1, 0.15) is 233 Å². The molecule has 0 aliphatic carbocycles. The van der Waals surface area contributed by atoms with Gasteiger partial charge in [0.25, 0.3) is 0 Å². The fraction of sp³-hybridized carbons (Fsp3) is 0.920. The van der Waals surface area contributed by atoms with Crippen molar-refractivity contribution in [2.24, 2.45) is 0 Å². The Morgan fingerprint density at radius 3 is 0.867 bits per heavy atom. The molecule has 1 fully saturated rings. The first kappa shape index (κ1) is 55.8. The zero-order valence-corrected chi connectivity index (χ0v) is 39.8. The van der Waals surface area contributed by atoms with Gasteiger partial charge in [-0.3, -0.25) is 19.2 Å². The van der Waals surface area contributed by atoms with Crippen LogP contribution in [-0.4, -0.2) is 98.1 Å². The monoisotopic (exact) mass is 849 g/mol. The Morgan fingerprint density at radius 2 is 0.617 bits per heavy atom. The van der Waals surface area contributed by atoms with Crippen LogP contribution in [0.5, 0.6) is 0 Å². The third-order valence-electron chi connectivity index (χ3n) is 12.2. The van der Waals surface area contributed by atoms with Crippen molar-refractivity contribution >= 4 is 23.8 Å². The highest BCUT2D eigenvalue weighted by Gasteiger charge is 2.35. The molecule has 60 heavy (non-hydrogen) atoms. The topological polar surface area (TPSA) is 117 Å². The number of carbonyl (C=O) groups is 4. The van der Waals surface area contributed by atoms with E-state index >= 15 is 0 Å². The Morgan fingerprint density at radius 1 is 0.383 bits per heavy atom. The Labute approximate surface area is 369 Å². The van der Waals surface area contributed by atoms with Crippen molar-refractivity contribution < 1.29 is 28.7 Å². The number of unbranched alkanes of at least 4 members (excludes halogenated alkanes) is 26. The van der Waals surface area contributed by atoms with Crippen molar-refractivity contribution in [3.8, 4) is 0 Å². The maximum Gasteiger partial charge on any atom is 0.307 e. The van der Waals surface area contributed by atoms with Crippen LogP contribution in [0.3, 0.4) is 0 Å². The Balaban J connectivity index is 2.46. The zero-order chi connectivity index (χ0) is 43.7. The van der Waals surface area contributed by atoms with Gasteiger partial charge in [0.2, 0.25) is 11.8 Å². The lowest BCUT2D eigenvalue weighted by Gasteiger charge is -2.29. The van der Waals surface area contributed by atoms with Crippen LogP contribution in [0.25, 0.3) is 0 Å². The third-order valence-corrected chi connectivity index (χ3v) is 12.2. The first-order valence-electron chi connectivity index (χ1n) is 25.7. The van der Waals surface area contributed by atoms with Gasteiger partial charge >= 0.3 is 11.9 Å². The first-order chi connectivity index (χ1) is 29.3. The molecule has 0 saturated carbocycles. The summed E-state index contributed by atoms with van der Waals surface area (Å²) in [4.78, 5) is 56.2. The van der Waals surface area contributed by atoms with Crippen molar-refractivity contribution in [1.29, 1.82) is 0 Å². The predicted molar refractivity (Wildman–Crippen MR) is 249 cm³/mol. The lowest BCUT2D eigenvalue weighted by Crippen LogP contribution is -2.64. The van der Waals surface area contributed by atoms with E-state index in [1.165, 1.54) is 167 Å². The summed E-state index contributed by atoms with van der Waals surface area (Å²) in [5.74, 6) is -1.61. The highest BCUT2D eigenvalue weighted by Crippen LogP contribution is 2.14. The lowest BCUT2D eigenvalue weighted by atomic mass is 10.1. The maximum atomic E-state index is 12.9. The normalized spacial score (nSPS) is 15.4. The van der Waals surface area contributed by atoms with E-state index in [9.17, 15) is 19.2 Å². The highest BCUT2D eigenvalue weighted by atomic mass is 16.5. The molecule has 2 atom stereocenters. The summed E-state index contributed by atoms with van der Waals surface area (Å²) in [6.45, 7) is 13.8. The quantitative estimate of drug-likeness (QED) is 0.0460. The molecular formula is C50H96N4O6. The van der Waals surface area contributed by atoms with Gasteiger partial charge < -0.3 is 29.9 Å². The van der Waals surface area contributed by atoms with Gasteiger partial charge in [-0.1, -0.05) is 195 Å². The fourth-order valence-electron chi connectivity index (χ4n) is 8.10. The largest absolute Gasteiger partial charge is 0.463 e. The van der Waals surface area contributed by atoms with Gasteiger partial charge in [-0.25, -0.2) is 0 Å². The summed E-state index contributed by atoms with van der Waals surface area (Å²) in [6, 6.07) is -1.93. The molecule has 1 aliphatic heterocycles. The van der Waals surface area contributed by atoms with Crippen LogP contribution in [0.15, 0.2) is 0 Å². The molecule has 2 N–H and O–H groups in total. The van der Waals surface area contributed by atoms with Crippen LogP contribution < -0.4 is 10.6 Å². The third kappa shape index (κ3) is 32.5. The highest BCUT2D eigenvalue weighted by molar-refractivity contribution is 5.97. The van der Waals surface area contributed by atoms with Crippen molar-refractivity contribution in [2.45, 2.75) is 245 Å². The van der Waals surface area contributed by atoms with Crippen LogP contribution in [-0.2, 0) is 28.7 Å². The molecular weight excluding hydrogens is 753 g/mol. The summed E-state index contributed by atoms with van der Waals surface area (Å²) in [6.07, 6.45) is 38.5. The fourth-order valence-corrected chi connectivity index (χ4v) is 8.10. The lowest BCUT2D eigenvalue weighted by molar-refractivity contribution is -0.152. The Bertz CT molecular complexity index is 964.